The molecule has 2 aromatic heterocycles. The van der Waals surface area contributed by atoms with Crippen molar-refractivity contribution >= 4 is 12.1 Å². The normalized spacial score (nSPS) is 12.4. The number of alkyl carbamates (subject to hydrolysis) is 1. The number of nitrogens with zero attached hydrogens (tertiary/aromatic N) is 1. The number of ether oxygens (including phenoxy) is 2. The highest BCUT2D eigenvalue weighted by Crippen LogP contribution is 2.39. The van der Waals surface area contributed by atoms with Gasteiger partial charge in [0.05, 0.1) is 5.69 Å². The zero-order valence-corrected chi connectivity index (χ0v) is 24.2. The van der Waals surface area contributed by atoms with Crippen molar-refractivity contribution in [3.05, 3.63) is 68.9 Å². The van der Waals surface area contributed by atoms with Gasteiger partial charge in [-0.3, -0.25) is 9.78 Å². The van der Waals surface area contributed by atoms with Crippen LogP contribution in [0.5, 0.6) is 5.75 Å². The Morgan fingerprint density at radius 3 is 2.21 bits per heavy atom. The lowest BCUT2D eigenvalue weighted by Gasteiger charge is -2.23. The number of carbonyl (C=O) groups is 2. The van der Waals surface area contributed by atoms with Crippen LogP contribution >= 0.6 is 0 Å². The third-order valence-corrected chi connectivity index (χ3v) is 5.98. The van der Waals surface area contributed by atoms with E-state index in [-0.39, 0.29) is 29.7 Å². The van der Waals surface area contributed by atoms with Crippen LogP contribution in [0.3, 0.4) is 0 Å². The van der Waals surface area contributed by atoms with Crippen LogP contribution in [0.4, 0.5) is 4.79 Å². The van der Waals surface area contributed by atoms with Crippen molar-refractivity contribution in [3.8, 4) is 16.9 Å². The van der Waals surface area contributed by atoms with E-state index in [0.717, 1.165) is 22.4 Å². The maximum atomic E-state index is 13.3. The van der Waals surface area contributed by atoms with E-state index in [4.69, 9.17) is 23.3 Å². The number of esters is 1. The number of carbonyl (C=O) groups excluding carboxylic acids is 2. The number of nitrogens with one attached hydrogen (secondary N) is 1. The SMILES string of the molecule is Cc1ccc(-c2c(CNC(=O)OC(C)(C)C)c(CC(C)C)nc(C)c2OC(=O)C(C)c2oc(=O)oc2C)cc1. The first-order chi connectivity index (χ1) is 18.2. The molecule has 0 spiro atoms. The summed E-state index contributed by atoms with van der Waals surface area (Å²) in [6.07, 6.45) is 0.0840. The van der Waals surface area contributed by atoms with Crippen molar-refractivity contribution in [1.29, 1.82) is 0 Å². The van der Waals surface area contributed by atoms with Gasteiger partial charge in [-0.1, -0.05) is 43.7 Å². The zero-order valence-electron chi connectivity index (χ0n) is 24.2. The molecule has 1 aromatic carbocycles. The lowest BCUT2D eigenvalue weighted by molar-refractivity contribution is -0.136. The monoisotopic (exact) mass is 538 g/mol. The van der Waals surface area contributed by atoms with Crippen LogP contribution in [-0.4, -0.2) is 22.6 Å². The van der Waals surface area contributed by atoms with Gasteiger partial charge in [-0.05, 0) is 66.4 Å². The highest BCUT2D eigenvalue weighted by molar-refractivity contribution is 5.84. The number of rotatable bonds is 8. The molecule has 0 aliphatic carbocycles. The molecule has 2 heterocycles. The van der Waals surface area contributed by atoms with Crippen LogP contribution in [0, 0.1) is 26.7 Å². The molecule has 0 saturated heterocycles. The van der Waals surface area contributed by atoms with E-state index < -0.39 is 29.4 Å². The summed E-state index contributed by atoms with van der Waals surface area (Å²) >= 11 is 0. The molecule has 3 rings (SSSR count). The Kier molecular flexibility index (Phi) is 9.04. The summed E-state index contributed by atoms with van der Waals surface area (Å²) < 4.78 is 21.4. The van der Waals surface area contributed by atoms with Crippen molar-refractivity contribution < 1.29 is 27.9 Å². The minimum absolute atomic E-state index is 0.107. The van der Waals surface area contributed by atoms with Gasteiger partial charge in [0.1, 0.15) is 17.3 Å². The van der Waals surface area contributed by atoms with Crippen molar-refractivity contribution in [1.82, 2.24) is 10.3 Å². The minimum atomic E-state index is -0.902. The van der Waals surface area contributed by atoms with Crippen molar-refractivity contribution in [2.75, 3.05) is 0 Å². The fourth-order valence-electron chi connectivity index (χ4n) is 4.20. The van der Waals surface area contributed by atoms with Crippen LogP contribution in [0.1, 0.15) is 81.5 Å². The molecule has 0 aliphatic rings. The number of aromatic nitrogens is 1. The Bertz CT molecular complexity index is 1390. The van der Waals surface area contributed by atoms with Gasteiger partial charge < -0.3 is 23.6 Å². The standard InChI is InChI=1S/C30H38N2O7/c1-16(2)14-23-22(15-31-28(34)39-30(7,8)9)24(21-12-10-17(3)11-13-21)26(19(5)32-23)37-27(33)18(4)25-20(6)36-29(35)38-25/h10-13,16,18H,14-15H2,1-9H3,(H,31,34). The maximum absolute atomic E-state index is 13.3. The topological polar surface area (TPSA) is 121 Å². The number of hydrogen-bond acceptors (Lipinski definition) is 8. The first-order valence-electron chi connectivity index (χ1n) is 13.0. The molecule has 0 fully saturated rings. The smallest absolute Gasteiger partial charge is 0.444 e. The molecular weight excluding hydrogens is 500 g/mol. The number of amides is 1. The molecule has 1 N–H and O–H groups in total. The Morgan fingerprint density at radius 2 is 1.67 bits per heavy atom. The summed E-state index contributed by atoms with van der Waals surface area (Å²) in [5.41, 5.74) is 3.90. The van der Waals surface area contributed by atoms with Gasteiger partial charge >= 0.3 is 17.9 Å². The molecule has 9 heteroatoms. The van der Waals surface area contributed by atoms with E-state index in [1.807, 2.05) is 31.2 Å². The number of hydrogen-bond donors (Lipinski definition) is 1. The van der Waals surface area contributed by atoms with Gasteiger partial charge in [-0.25, -0.2) is 9.59 Å². The van der Waals surface area contributed by atoms with Gasteiger partial charge in [-0.15, -0.1) is 0 Å². The van der Waals surface area contributed by atoms with Crippen LogP contribution < -0.4 is 15.9 Å². The average Bonchev–Trinajstić information content (AvgIpc) is 3.16. The molecule has 0 radical (unpaired) electrons. The van der Waals surface area contributed by atoms with Crippen molar-refractivity contribution in [3.63, 3.8) is 0 Å². The fraction of sp³-hybridized carbons (Fsp3) is 0.467. The van der Waals surface area contributed by atoms with E-state index in [1.165, 1.54) is 0 Å². The van der Waals surface area contributed by atoms with E-state index in [2.05, 4.69) is 19.2 Å². The third-order valence-electron chi connectivity index (χ3n) is 5.98. The Balaban J connectivity index is 2.14. The lowest BCUT2D eigenvalue weighted by Crippen LogP contribution is -2.32. The third kappa shape index (κ3) is 7.59. The zero-order chi connectivity index (χ0) is 29.1. The summed E-state index contributed by atoms with van der Waals surface area (Å²) in [7, 11) is 0. The van der Waals surface area contributed by atoms with Crippen LogP contribution in [0.25, 0.3) is 11.1 Å². The fourth-order valence-corrected chi connectivity index (χ4v) is 4.20. The molecule has 1 amide bonds. The molecule has 0 aliphatic heterocycles. The molecular formula is C30H38N2O7. The summed E-state index contributed by atoms with van der Waals surface area (Å²) in [5, 5.41) is 2.85. The minimum Gasteiger partial charge on any atom is -0.444 e. The Hall–Kier alpha value is -3.88. The molecule has 1 atom stereocenters. The predicted octanol–water partition coefficient (Wildman–Crippen LogP) is 6.15. The molecule has 1 unspecified atom stereocenters. The number of pyridine rings is 1. The van der Waals surface area contributed by atoms with Crippen molar-refractivity contribution in [2.45, 2.75) is 86.8 Å². The largest absolute Gasteiger partial charge is 0.519 e. The summed E-state index contributed by atoms with van der Waals surface area (Å²) in [5.74, 6) is -1.54. The second kappa shape index (κ2) is 11.9. The second-order valence-electron chi connectivity index (χ2n) is 11.2. The molecule has 0 saturated carbocycles. The first kappa shape index (κ1) is 29.7. The van der Waals surface area contributed by atoms with Crippen LogP contribution in [0.2, 0.25) is 0 Å². The number of aryl methyl sites for hydroxylation is 3. The molecule has 3 aromatic rings. The van der Waals surface area contributed by atoms with Crippen LogP contribution in [0.15, 0.2) is 37.9 Å². The summed E-state index contributed by atoms with van der Waals surface area (Å²) in [6.45, 7) is 16.6. The van der Waals surface area contributed by atoms with E-state index in [1.54, 1.807) is 41.5 Å². The quantitative estimate of drug-likeness (QED) is 0.339. The average molecular weight is 539 g/mol. The summed E-state index contributed by atoms with van der Waals surface area (Å²) in [4.78, 5) is 42.3. The molecule has 9 nitrogen and oxygen atoms in total. The maximum Gasteiger partial charge on any atom is 0.519 e. The predicted molar refractivity (Wildman–Crippen MR) is 147 cm³/mol. The Morgan fingerprint density at radius 1 is 1.03 bits per heavy atom. The van der Waals surface area contributed by atoms with Crippen molar-refractivity contribution in [2.24, 2.45) is 5.92 Å². The second-order valence-corrected chi connectivity index (χ2v) is 11.2. The molecule has 39 heavy (non-hydrogen) atoms. The van der Waals surface area contributed by atoms with Gasteiger partial charge in [0.15, 0.2) is 11.5 Å². The first-order valence-corrected chi connectivity index (χ1v) is 13.0. The van der Waals surface area contributed by atoms with Gasteiger partial charge in [0, 0.05) is 23.4 Å². The summed E-state index contributed by atoms with van der Waals surface area (Å²) in [6, 6.07) is 7.83. The Labute approximate surface area is 228 Å². The van der Waals surface area contributed by atoms with Gasteiger partial charge in [-0.2, -0.15) is 0 Å². The lowest BCUT2D eigenvalue weighted by atomic mass is 9.92. The highest BCUT2D eigenvalue weighted by atomic mass is 16.6. The highest BCUT2D eigenvalue weighted by Gasteiger charge is 2.29. The van der Waals surface area contributed by atoms with E-state index >= 15 is 0 Å². The van der Waals surface area contributed by atoms with Crippen LogP contribution in [-0.2, 0) is 22.5 Å². The van der Waals surface area contributed by atoms with E-state index in [0.29, 0.717) is 17.7 Å². The molecule has 0 bridgehead atoms. The number of benzene rings is 1. The van der Waals surface area contributed by atoms with Gasteiger partial charge in [0.2, 0.25) is 0 Å². The molecule has 210 valence electrons. The van der Waals surface area contributed by atoms with Gasteiger partial charge in [0.25, 0.3) is 0 Å². The van der Waals surface area contributed by atoms with E-state index in [9.17, 15) is 14.4 Å².